The van der Waals surface area contributed by atoms with Crippen molar-refractivity contribution in [2.45, 2.75) is 42.7 Å². The summed E-state index contributed by atoms with van der Waals surface area (Å²) in [6.45, 7) is 5.93. The third-order valence-electron chi connectivity index (χ3n) is 5.94. The quantitative estimate of drug-likeness (QED) is 0.512. The Balaban J connectivity index is 1.73. The lowest BCUT2D eigenvalue weighted by Gasteiger charge is -2.39. The van der Waals surface area contributed by atoms with Gasteiger partial charge >= 0.3 is 6.09 Å². The van der Waals surface area contributed by atoms with Crippen molar-refractivity contribution in [2.24, 2.45) is 0 Å². The predicted molar refractivity (Wildman–Crippen MR) is 125 cm³/mol. The molecule has 1 unspecified atom stereocenters. The van der Waals surface area contributed by atoms with Crippen molar-refractivity contribution in [3.8, 4) is 0 Å². The van der Waals surface area contributed by atoms with Gasteiger partial charge < -0.3 is 15.7 Å². The van der Waals surface area contributed by atoms with Gasteiger partial charge in [0.05, 0.1) is 10.9 Å². The van der Waals surface area contributed by atoms with Gasteiger partial charge in [0.15, 0.2) is 0 Å². The predicted octanol–water partition coefficient (Wildman–Crippen LogP) is 3.08. The summed E-state index contributed by atoms with van der Waals surface area (Å²) in [6.07, 6.45) is 1.49. The van der Waals surface area contributed by atoms with Crippen LogP contribution in [0.4, 0.5) is 4.79 Å². The first kappa shape index (κ1) is 24.5. The molecule has 1 aliphatic heterocycles. The summed E-state index contributed by atoms with van der Waals surface area (Å²) in [7, 11) is -3.71. The van der Waals surface area contributed by atoms with E-state index in [1.807, 2.05) is 37.3 Å². The Morgan fingerprint density at radius 3 is 2.27 bits per heavy atom. The molecule has 9 heteroatoms. The molecule has 0 aliphatic carbocycles. The summed E-state index contributed by atoms with van der Waals surface area (Å²) >= 11 is 0. The highest BCUT2D eigenvalue weighted by molar-refractivity contribution is 7.89. The first-order valence-electron chi connectivity index (χ1n) is 10.7. The SMILES string of the molecule is C=CC(=O)NC1(C)CCN(S(=O)(=O)c2ccc(C(Cc3ccccc3)NC(=O)O)cc2)CC1. The van der Waals surface area contributed by atoms with E-state index in [9.17, 15) is 23.1 Å². The van der Waals surface area contributed by atoms with Crippen LogP contribution < -0.4 is 10.6 Å². The van der Waals surface area contributed by atoms with E-state index in [0.717, 1.165) is 5.56 Å². The van der Waals surface area contributed by atoms with Crippen molar-refractivity contribution in [3.05, 3.63) is 78.4 Å². The Labute approximate surface area is 194 Å². The van der Waals surface area contributed by atoms with Gasteiger partial charge in [-0.1, -0.05) is 49.0 Å². The number of hydrogen-bond acceptors (Lipinski definition) is 4. The van der Waals surface area contributed by atoms with Crippen LogP contribution in [0.25, 0.3) is 0 Å². The standard InChI is InChI=1S/C24H29N3O5S/c1-3-22(28)26-24(2)13-15-27(16-14-24)33(31,32)20-11-9-19(10-12-20)21(25-23(29)30)17-18-7-5-4-6-8-18/h3-12,21,25H,1,13-17H2,2H3,(H,26,28)(H,29,30). The topological polar surface area (TPSA) is 116 Å². The molecule has 1 fully saturated rings. The van der Waals surface area contributed by atoms with E-state index in [2.05, 4.69) is 17.2 Å². The van der Waals surface area contributed by atoms with Crippen LogP contribution in [-0.2, 0) is 21.2 Å². The van der Waals surface area contributed by atoms with Crippen molar-refractivity contribution in [3.63, 3.8) is 0 Å². The Bertz CT molecular complexity index is 1090. The van der Waals surface area contributed by atoms with Gasteiger partial charge in [0, 0.05) is 18.6 Å². The Morgan fingerprint density at radius 2 is 1.73 bits per heavy atom. The van der Waals surface area contributed by atoms with E-state index in [-0.39, 0.29) is 23.9 Å². The van der Waals surface area contributed by atoms with Crippen molar-refractivity contribution < 1.29 is 23.1 Å². The molecule has 0 aromatic heterocycles. The van der Waals surface area contributed by atoms with Gasteiger partial charge in [-0.2, -0.15) is 4.31 Å². The molecule has 2 amide bonds. The molecular weight excluding hydrogens is 442 g/mol. The molecule has 0 radical (unpaired) electrons. The van der Waals surface area contributed by atoms with Crippen LogP contribution in [0.5, 0.6) is 0 Å². The number of carbonyl (C=O) groups excluding carboxylic acids is 1. The molecule has 0 bridgehead atoms. The van der Waals surface area contributed by atoms with Crippen LogP contribution >= 0.6 is 0 Å². The smallest absolute Gasteiger partial charge is 0.405 e. The van der Waals surface area contributed by atoms with Gasteiger partial charge in [0.2, 0.25) is 15.9 Å². The fourth-order valence-electron chi connectivity index (χ4n) is 3.97. The summed E-state index contributed by atoms with van der Waals surface area (Å²) in [5.41, 5.74) is 1.17. The first-order chi connectivity index (χ1) is 15.6. The van der Waals surface area contributed by atoms with Crippen LogP contribution in [0.15, 0.2) is 72.1 Å². The van der Waals surface area contributed by atoms with Crippen LogP contribution in [0.3, 0.4) is 0 Å². The molecule has 0 saturated carbocycles. The molecule has 0 spiro atoms. The first-order valence-corrected chi connectivity index (χ1v) is 12.1. The third kappa shape index (κ3) is 6.21. The molecule has 1 saturated heterocycles. The Hall–Kier alpha value is -3.17. The molecule has 3 N–H and O–H groups in total. The maximum absolute atomic E-state index is 13.1. The average molecular weight is 472 g/mol. The normalized spacial score (nSPS) is 17.0. The lowest BCUT2D eigenvalue weighted by Crippen LogP contribution is -2.53. The highest BCUT2D eigenvalue weighted by atomic mass is 32.2. The van der Waals surface area contributed by atoms with Gasteiger partial charge in [0.1, 0.15) is 0 Å². The molecule has 33 heavy (non-hydrogen) atoms. The van der Waals surface area contributed by atoms with Gasteiger partial charge in [-0.15, -0.1) is 0 Å². The number of nitrogens with zero attached hydrogens (tertiary/aromatic N) is 1. The van der Waals surface area contributed by atoms with Gasteiger partial charge in [-0.25, -0.2) is 13.2 Å². The molecule has 2 aromatic carbocycles. The molecule has 3 rings (SSSR count). The summed E-state index contributed by atoms with van der Waals surface area (Å²) in [5.74, 6) is -0.274. The zero-order valence-electron chi connectivity index (χ0n) is 18.5. The van der Waals surface area contributed by atoms with E-state index < -0.39 is 27.7 Å². The lowest BCUT2D eigenvalue weighted by atomic mass is 9.90. The van der Waals surface area contributed by atoms with E-state index in [4.69, 9.17) is 0 Å². The molecule has 176 valence electrons. The third-order valence-corrected chi connectivity index (χ3v) is 7.85. The number of sulfonamides is 1. The fraction of sp³-hybridized carbons (Fsp3) is 0.333. The van der Waals surface area contributed by atoms with Crippen molar-refractivity contribution in [1.29, 1.82) is 0 Å². The number of rotatable bonds is 8. The van der Waals surface area contributed by atoms with Crippen molar-refractivity contribution >= 4 is 22.0 Å². The van der Waals surface area contributed by atoms with E-state index in [1.54, 1.807) is 12.1 Å². The maximum Gasteiger partial charge on any atom is 0.405 e. The zero-order valence-corrected chi connectivity index (χ0v) is 19.3. The molecular formula is C24H29N3O5S. The molecule has 8 nitrogen and oxygen atoms in total. The minimum atomic E-state index is -3.71. The highest BCUT2D eigenvalue weighted by Gasteiger charge is 2.36. The van der Waals surface area contributed by atoms with E-state index in [1.165, 1.54) is 22.5 Å². The largest absolute Gasteiger partial charge is 0.465 e. The van der Waals surface area contributed by atoms with Crippen LogP contribution in [0.1, 0.15) is 36.9 Å². The van der Waals surface area contributed by atoms with Crippen molar-refractivity contribution in [2.75, 3.05) is 13.1 Å². The monoisotopic (exact) mass is 471 g/mol. The van der Waals surface area contributed by atoms with Crippen molar-refractivity contribution in [1.82, 2.24) is 14.9 Å². The van der Waals surface area contributed by atoms with E-state index >= 15 is 0 Å². The number of nitrogens with one attached hydrogen (secondary N) is 2. The number of amides is 2. The number of benzene rings is 2. The van der Waals surface area contributed by atoms with Gasteiger partial charge in [0.25, 0.3) is 0 Å². The molecule has 2 aromatic rings. The van der Waals surface area contributed by atoms with E-state index in [0.29, 0.717) is 24.8 Å². The number of carboxylic acid groups (broad SMARTS) is 1. The van der Waals surface area contributed by atoms with Crippen LogP contribution in [-0.4, -0.2) is 48.5 Å². The van der Waals surface area contributed by atoms with Crippen LogP contribution in [0.2, 0.25) is 0 Å². The average Bonchev–Trinajstić information content (AvgIpc) is 2.79. The minimum Gasteiger partial charge on any atom is -0.465 e. The zero-order chi connectivity index (χ0) is 24.1. The van der Waals surface area contributed by atoms with Gasteiger partial charge in [-0.3, -0.25) is 4.79 Å². The summed E-state index contributed by atoms with van der Waals surface area (Å²) in [6, 6.07) is 15.3. The second kappa shape index (κ2) is 10.2. The molecule has 1 heterocycles. The minimum absolute atomic E-state index is 0.152. The van der Waals surface area contributed by atoms with Crippen LogP contribution in [0, 0.1) is 0 Å². The fourth-order valence-corrected chi connectivity index (χ4v) is 5.41. The Kier molecular flexibility index (Phi) is 7.55. The highest BCUT2D eigenvalue weighted by Crippen LogP contribution is 2.28. The lowest BCUT2D eigenvalue weighted by molar-refractivity contribution is -0.118. The summed E-state index contributed by atoms with van der Waals surface area (Å²) < 4.78 is 27.7. The number of carbonyl (C=O) groups is 2. The second-order valence-corrected chi connectivity index (χ2v) is 10.4. The molecule has 1 aliphatic rings. The maximum atomic E-state index is 13.1. The Morgan fingerprint density at radius 1 is 1.12 bits per heavy atom. The second-order valence-electron chi connectivity index (χ2n) is 8.42. The summed E-state index contributed by atoms with van der Waals surface area (Å²) in [4.78, 5) is 23.1. The molecule has 1 atom stereocenters. The number of hydrogen-bond donors (Lipinski definition) is 3. The summed E-state index contributed by atoms with van der Waals surface area (Å²) in [5, 5.41) is 14.6. The van der Waals surface area contributed by atoms with Gasteiger partial charge in [-0.05, 0) is 55.5 Å². The number of piperidine rings is 1.